The van der Waals surface area contributed by atoms with E-state index in [9.17, 15) is 14.4 Å². The van der Waals surface area contributed by atoms with Crippen LogP contribution in [0.15, 0.2) is 36.8 Å². The van der Waals surface area contributed by atoms with Gasteiger partial charge in [-0.15, -0.1) is 0 Å². The van der Waals surface area contributed by atoms with Crippen LogP contribution < -0.4 is 5.32 Å². The number of hydrogen-bond acceptors (Lipinski definition) is 4. The van der Waals surface area contributed by atoms with Gasteiger partial charge in [0.1, 0.15) is 0 Å². The minimum atomic E-state index is -0.473. The van der Waals surface area contributed by atoms with Gasteiger partial charge in [0.15, 0.2) is 5.78 Å². The molecule has 134 valence electrons. The molecule has 0 saturated heterocycles. The zero-order valence-corrected chi connectivity index (χ0v) is 15.1. The molecule has 0 bridgehead atoms. The SMILES string of the molecule is CC(C)(C)C(=O)NCCc1c[nH]c2c1C(=O)C(c1cccnc1)=CC2=O. The second-order valence-electron chi connectivity index (χ2n) is 7.31. The van der Waals surface area contributed by atoms with Crippen LogP contribution in [0.25, 0.3) is 5.57 Å². The summed E-state index contributed by atoms with van der Waals surface area (Å²) in [6.07, 6.45) is 6.67. The maximum atomic E-state index is 12.9. The molecule has 2 N–H and O–H groups in total. The molecule has 6 heteroatoms. The predicted molar refractivity (Wildman–Crippen MR) is 97.8 cm³/mol. The van der Waals surface area contributed by atoms with Gasteiger partial charge in [0, 0.05) is 41.7 Å². The second-order valence-corrected chi connectivity index (χ2v) is 7.31. The van der Waals surface area contributed by atoms with E-state index in [0.717, 1.165) is 5.56 Å². The Morgan fingerprint density at radius 3 is 2.69 bits per heavy atom. The Hall–Kier alpha value is -3.02. The molecule has 0 aromatic carbocycles. The highest BCUT2D eigenvalue weighted by Gasteiger charge is 2.30. The Kier molecular flexibility index (Phi) is 4.59. The number of aromatic nitrogens is 2. The van der Waals surface area contributed by atoms with Gasteiger partial charge in [0.25, 0.3) is 0 Å². The van der Waals surface area contributed by atoms with Gasteiger partial charge in [0.2, 0.25) is 11.7 Å². The zero-order valence-electron chi connectivity index (χ0n) is 15.1. The number of hydrogen-bond donors (Lipinski definition) is 2. The van der Waals surface area contributed by atoms with Gasteiger partial charge in [-0.2, -0.15) is 0 Å². The van der Waals surface area contributed by atoms with Crippen molar-refractivity contribution in [2.45, 2.75) is 27.2 Å². The number of Topliss-reactive ketones (excluding diaryl/α,β-unsaturated/α-hetero) is 1. The zero-order chi connectivity index (χ0) is 18.9. The highest BCUT2D eigenvalue weighted by Crippen LogP contribution is 2.29. The molecule has 0 saturated carbocycles. The highest BCUT2D eigenvalue weighted by molar-refractivity contribution is 6.38. The summed E-state index contributed by atoms with van der Waals surface area (Å²) in [5.41, 5.74) is 1.91. The van der Waals surface area contributed by atoms with E-state index >= 15 is 0 Å². The number of rotatable bonds is 4. The van der Waals surface area contributed by atoms with Crippen molar-refractivity contribution in [2.75, 3.05) is 6.54 Å². The Bertz CT molecular complexity index is 902. The molecule has 0 aliphatic heterocycles. The number of ketones is 2. The van der Waals surface area contributed by atoms with Crippen LogP contribution in [-0.4, -0.2) is 34.0 Å². The summed E-state index contributed by atoms with van der Waals surface area (Å²) in [5, 5.41) is 2.86. The van der Waals surface area contributed by atoms with Crippen molar-refractivity contribution in [2.24, 2.45) is 5.41 Å². The quantitative estimate of drug-likeness (QED) is 0.885. The van der Waals surface area contributed by atoms with E-state index in [0.29, 0.717) is 35.4 Å². The Labute approximate surface area is 151 Å². The van der Waals surface area contributed by atoms with E-state index in [4.69, 9.17) is 0 Å². The number of nitrogens with one attached hydrogen (secondary N) is 2. The van der Waals surface area contributed by atoms with Crippen molar-refractivity contribution in [3.05, 3.63) is 59.2 Å². The molecule has 3 rings (SSSR count). The lowest BCUT2D eigenvalue weighted by atomic mass is 9.88. The second kappa shape index (κ2) is 6.71. The third kappa shape index (κ3) is 3.35. The summed E-state index contributed by atoms with van der Waals surface area (Å²) in [6, 6.07) is 3.48. The van der Waals surface area contributed by atoms with Crippen molar-refractivity contribution in [3.8, 4) is 0 Å². The molecule has 0 spiro atoms. The van der Waals surface area contributed by atoms with E-state index in [-0.39, 0.29) is 17.5 Å². The first kappa shape index (κ1) is 17.8. The van der Waals surface area contributed by atoms with Gasteiger partial charge in [0.05, 0.1) is 11.3 Å². The summed E-state index contributed by atoms with van der Waals surface area (Å²) < 4.78 is 0. The van der Waals surface area contributed by atoms with Gasteiger partial charge < -0.3 is 10.3 Å². The number of allylic oxidation sites excluding steroid dienone is 2. The number of amides is 1. The molecule has 0 radical (unpaired) electrons. The van der Waals surface area contributed by atoms with E-state index in [1.165, 1.54) is 6.08 Å². The molecule has 26 heavy (non-hydrogen) atoms. The molecule has 2 aromatic rings. The number of pyridine rings is 1. The number of fused-ring (bicyclic) bond motifs is 1. The lowest BCUT2D eigenvalue weighted by Gasteiger charge is -2.18. The predicted octanol–water partition coefficient (Wildman–Crippen LogP) is 2.58. The Morgan fingerprint density at radius 2 is 2.04 bits per heavy atom. The third-order valence-corrected chi connectivity index (χ3v) is 4.29. The first-order valence-electron chi connectivity index (χ1n) is 8.48. The number of nitrogens with zero attached hydrogens (tertiary/aromatic N) is 1. The highest BCUT2D eigenvalue weighted by atomic mass is 16.2. The summed E-state index contributed by atoms with van der Waals surface area (Å²) in [7, 11) is 0. The molecule has 2 heterocycles. The van der Waals surface area contributed by atoms with Crippen molar-refractivity contribution in [1.29, 1.82) is 0 Å². The lowest BCUT2D eigenvalue weighted by molar-refractivity contribution is -0.128. The van der Waals surface area contributed by atoms with Crippen LogP contribution in [0.3, 0.4) is 0 Å². The number of carbonyl (C=O) groups is 3. The normalized spacial score (nSPS) is 14.0. The summed E-state index contributed by atoms with van der Waals surface area (Å²) >= 11 is 0. The summed E-state index contributed by atoms with van der Waals surface area (Å²) in [6.45, 7) is 5.92. The molecule has 2 aromatic heterocycles. The van der Waals surface area contributed by atoms with Crippen LogP contribution in [0.4, 0.5) is 0 Å². The largest absolute Gasteiger partial charge is 0.358 e. The van der Waals surface area contributed by atoms with Crippen LogP contribution in [0.5, 0.6) is 0 Å². The van der Waals surface area contributed by atoms with Crippen molar-refractivity contribution < 1.29 is 14.4 Å². The molecular weight excluding hydrogens is 330 g/mol. The Morgan fingerprint density at radius 1 is 1.27 bits per heavy atom. The fraction of sp³-hybridized carbons (Fsp3) is 0.300. The van der Waals surface area contributed by atoms with Crippen molar-refractivity contribution in [3.63, 3.8) is 0 Å². The average molecular weight is 351 g/mol. The maximum Gasteiger partial charge on any atom is 0.225 e. The smallest absolute Gasteiger partial charge is 0.225 e. The van der Waals surface area contributed by atoms with Crippen LogP contribution in [0.1, 0.15) is 52.7 Å². The molecule has 1 aliphatic carbocycles. The van der Waals surface area contributed by atoms with Crippen molar-refractivity contribution in [1.82, 2.24) is 15.3 Å². The van der Waals surface area contributed by atoms with Crippen LogP contribution in [0, 0.1) is 5.41 Å². The topological polar surface area (TPSA) is 91.9 Å². The molecular formula is C20H21N3O3. The monoisotopic (exact) mass is 351 g/mol. The van der Waals surface area contributed by atoms with Crippen molar-refractivity contribution >= 4 is 23.0 Å². The average Bonchev–Trinajstić information content (AvgIpc) is 3.03. The van der Waals surface area contributed by atoms with Gasteiger partial charge in [-0.05, 0) is 24.1 Å². The van der Waals surface area contributed by atoms with Crippen LogP contribution in [0.2, 0.25) is 0 Å². The van der Waals surface area contributed by atoms with Gasteiger partial charge in [-0.3, -0.25) is 19.4 Å². The fourth-order valence-electron chi connectivity index (χ4n) is 2.83. The molecule has 1 aliphatic rings. The standard InChI is InChI=1S/C20H21N3O3/c1-20(2,3)19(26)22-8-6-13-11-23-17-15(24)9-14(18(25)16(13)17)12-5-4-7-21-10-12/h4-5,7,9-11,23H,6,8H2,1-3H3,(H,22,26). The number of aromatic amines is 1. The molecule has 0 unspecified atom stereocenters. The fourth-order valence-corrected chi connectivity index (χ4v) is 2.83. The van der Waals surface area contributed by atoms with Gasteiger partial charge in [-0.1, -0.05) is 26.8 Å². The Balaban J connectivity index is 1.82. The first-order chi connectivity index (χ1) is 12.3. The summed E-state index contributed by atoms with van der Waals surface area (Å²) in [4.78, 5) is 44.2. The van der Waals surface area contributed by atoms with Gasteiger partial charge in [-0.25, -0.2) is 0 Å². The molecule has 6 nitrogen and oxygen atoms in total. The first-order valence-corrected chi connectivity index (χ1v) is 8.48. The summed E-state index contributed by atoms with van der Waals surface area (Å²) in [5.74, 6) is -0.491. The minimum absolute atomic E-state index is 0.0553. The minimum Gasteiger partial charge on any atom is -0.358 e. The number of H-pyrrole nitrogens is 1. The molecule has 1 amide bonds. The maximum absolute atomic E-state index is 12.9. The van der Waals surface area contributed by atoms with Crippen LogP contribution >= 0.6 is 0 Å². The molecule has 0 fully saturated rings. The van der Waals surface area contributed by atoms with Crippen LogP contribution in [-0.2, 0) is 11.2 Å². The van der Waals surface area contributed by atoms with E-state index < -0.39 is 5.41 Å². The van der Waals surface area contributed by atoms with Gasteiger partial charge >= 0.3 is 0 Å². The molecule has 0 atom stereocenters. The lowest BCUT2D eigenvalue weighted by Crippen LogP contribution is -2.36. The van der Waals surface area contributed by atoms with E-state index in [2.05, 4.69) is 15.3 Å². The van der Waals surface area contributed by atoms with E-state index in [1.807, 2.05) is 20.8 Å². The third-order valence-electron chi connectivity index (χ3n) is 4.29. The number of carbonyl (C=O) groups excluding carboxylic acids is 3. The van der Waals surface area contributed by atoms with E-state index in [1.54, 1.807) is 30.7 Å².